The molecule has 3 rings (SSSR count). The standard InChI is InChI=1S/C18H13ClN2O5/c1-26-13-8-3-2-7-12(13)21-16(22)14(19)15(17(21)23)20-11-6-4-5-10(9-11)18(24)25/h2-9,20H,1H3,(H,24,25)/p-1. The van der Waals surface area contributed by atoms with Gasteiger partial charge in [0.2, 0.25) is 0 Å². The molecule has 1 aliphatic rings. The second-order valence-corrected chi connectivity index (χ2v) is 5.68. The number of anilines is 2. The first-order chi connectivity index (χ1) is 12.4. The van der Waals surface area contributed by atoms with Gasteiger partial charge in [-0.3, -0.25) is 9.59 Å². The summed E-state index contributed by atoms with van der Waals surface area (Å²) in [7, 11) is 1.42. The topological polar surface area (TPSA) is 98.8 Å². The molecule has 0 saturated carbocycles. The van der Waals surface area contributed by atoms with E-state index in [1.54, 1.807) is 24.3 Å². The number of amides is 2. The Labute approximate surface area is 153 Å². The molecule has 26 heavy (non-hydrogen) atoms. The summed E-state index contributed by atoms with van der Waals surface area (Å²) in [4.78, 5) is 37.1. The smallest absolute Gasteiger partial charge is 0.283 e. The molecule has 0 aromatic heterocycles. The van der Waals surface area contributed by atoms with Crippen LogP contribution < -0.4 is 20.1 Å². The van der Waals surface area contributed by atoms with Crippen LogP contribution in [-0.2, 0) is 9.59 Å². The van der Waals surface area contributed by atoms with Crippen molar-refractivity contribution < 1.29 is 24.2 Å². The summed E-state index contributed by atoms with van der Waals surface area (Å²) in [5, 5.41) is 13.4. The molecule has 2 amide bonds. The molecule has 0 fully saturated rings. The lowest BCUT2D eigenvalue weighted by atomic mass is 10.2. The van der Waals surface area contributed by atoms with E-state index in [4.69, 9.17) is 16.3 Å². The number of nitrogens with zero attached hydrogens (tertiary/aromatic N) is 1. The highest BCUT2D eigenvalue weighted by Crippen LogP contribution is 2.35. The molecule has 2 aromatic rings. The van der Waals surface area contributed by atoms with E-state index in [1.807, 2.05) is 0 Å². The van der Waals surface area contributed by atoms with Gasteiger partial charge in [0, 0.05) is 5.69 Å². The third kappa shape index (κ3) is 3.00. The van der Waals surface area contributed by atoms with E-state index in [1.165, 1.54) is 31.4 Å². The highest BCUT2D eigenvalue weighted by molar-refractivity contribution is 6.53. The first-order valence-electron chi connectivity index (χ1n) is 7.44. The van der Waals surface area contributed by atoms with Crippen LogP contribution in [0.25, 0.3) is 0 Å². The van der Waals surface area contributed by atoms with E-state index in [-0.39, 0.29) is 27.7 Å². The van der Waals surface area contributed by atoms with Crippen molar-refractivity contribution >= 4 is 40.8 Å². The number of nitrogens with one attached hydrogen (secondary N) is 1. The minimum atomic E-state index is -1.36. The number of imide groups is 1. The maximum Gasteiger partial charge on any atom is 0.283 e. The number of hydrogen-bond acceptors (Lipinski definition) is 6. The van der Waals surface area contributed by atoms with E-state index in [2.05, 4.69) is 5.32 Å². The quantitative estimate of drug-likeness (QED) is 0.799. The summed E-state index contributed by atoms with van der Waals surface area (Å²) >= 11 is 6.05. The van der Waals surface area contributed by atoms with Crippen molar-refractivity contribution in [1.82, 2.24) is 0 Å². The van der Waals surface area contributed by atoms with Crippen molar-refractivity contribution in [1.29, 1.82) is 0 Å². The summed E-state index contributed by atoms with van der Waals surface area (Å²) in [5.74, 6) is -2.42. The Bertz CT molecular complexity index is 954. The number of methoxy groups -OCH3 is 1. The Kier molecular flexibility index (Phi) is 4.64. The average Bonchev–Trinajstić information content (AvgIpc) is 2.85. The molecule has 1 heterocycles. The van der Waals surface area contributed by atoms with Crippen molar-refractivity contribution in [2.24, 2.45) is 0 Å². The number of ether oxygens (including phenoxy) is 1. The van der Waals surface area contributed by atoms with Gasteiger partial charge in [0.15, 0.2) is 0 Å². The first-order valence-corrected chi connectivity index (χ1v) is 7.82. The molecular weight excluding hydrogens is 360 g/mol. The fourth-order valence-electron chi connectivity index (χ4n) is 2.51. The second-order valence-electron chi connectivity index (χ2n) is 5.30. The Morgan fingerprint density at radius 2 is 1.85 bits per heavy atom. The summed E-state index contributed by atoms with van der Waals surface area (Å²) in [6.07, 6.45) is 0. The molecule has 1 N–H and O–H groups in total. The van der Waals surface area contributed by atoms with E-state index in [0.29, 0.717) is 5.75 Å². The van der Waals surface area contributed by atoms with Crippen LogP contribution in [-0.4, -0.2) is 24.9 Å². The third-order valence-electron chi connectivity index (χ3n) is 3.72. The van der Waals surface area contributed by atoms with Crippen molar-refractivity contribution in [3.8, 4) is 5.75 Å². The number of carboxylic acid groups (broad SMARTS) is 1. The Hall–Kier alpha value is -3.32. The van der Waals surface area contributed by atoms with Crippen LogP contribution in [0.15, 0.2) is 59.3 Å². The average molecular weight is 372 g/mol. The summed E-state index contributed by atoms with van der Waals surface area (Å²) in [6.45, 7) is 0. The first kappa shape index (κ1) is 17.5. The molecule has 132 valence electrons. The van der Waals surface area contributed by atoms with Gasteiger partial charge in [-0.15, -0.1) is 0 Å². The van der Waals surface area contributed by atoms with Gasteiger partial charge in [0.25, 0.3) is 11.8 Å². The summed E-state index contributed by atoms with van der Waals surface area (Å²) in [5.41, 5.74) is 0.300. The number of halogens is 1. The van der Waals surface area contributed by atoms with Crippen molar-refractivity contribution in [2.75, 3.05) is 17.3 Å². The van der Waals surface area contributed by atoms with Crippen molar-refractivity contribution in [3.63, 3.8) is 0 Å². The van der Waals surface area contributed by atoms with Crippen LogP contribution in [0.4, 0.5) is 11.4 Å². The van der Waals surface area contributed by atoms with Crippen LogP contribution >= 0.6 is 11.6 Å². The van der Waals surface area contributed by atoms with Crippen LogP contribution in [0.3, 0.4) is 0 Å². The Morgan fingerprint density at radius 1 is 1.12 bits per heavy atom. The van der Waals surface area contributed by atoms with Gasteiger partial charge < -0.3 is 20.0 Å². The van der Waals surface area contributed by atoms with Gasteiger partial charge in [-0.1, -0.05) is 35.9 Å². The number of aromatic carboxylic acids is 1. The number of carboxylic acids is 1. The van der Waals surface area contributed by atoms with E-state index in [0.717, 1.165) is 4.90 Å². The van der Waals surface area contributed by atoms with Crippen LogP contribution in [0.5, 0.6) is 5.75 Å². The van der Waals surface area contributed by atoms with Crippen LogP contribution in [0, 0.1) is 0 Å². The van der Waals surface area contributed by atoms with E-state index in [9.17, 15) is 19.5 Å². The lowest BCUT2D eigenvalue weighted by Crippen LogP contribution is -2.32. The highest BCUT2D eigenvalue weighted by atomic mass is 35.5. The minimum absolute atomic E-state index is 0.0786. The number of rotatable bonds is 5. The predicted octanol–water partition coefficient (Wildman–Crippen LogP) is 1.49. The number of carbonyl (C=O) groups is 3. The molecule has 0 unspecified atom stereocenters. The molecule has 0 aliphatic carbocycles. The molecule has 0 spiro atoms. The van der Waals surface area contributed by atoms with Gasteiger partial charge in [-0.05, 0) is 29.8 Å². The van der Waals surface area contributed by atoms with E-state index >= 15 is 0 Å². The maximum atomic E-state index is 12.7. The summed E-state index contributed by atoms with van der Waals surface area (Å²) < 4.78 is 5.18. The lowest BCUT2D eigenvalue weighted by Gasteiger charge is -2.18. The highest BCUT2D eigenvalue weighted by Gasteiger charge is 2.40. The largest absolute Gasteiger partial charge is 0.545 e. The second kappa shape index (κ2) is 6.89. The molecule has 1 aliphatic heterocycles. The molecule has 2 aromatic carbocycles. The molecule has 0 atom stereocenters. The molecule has 0 saturated heterocycles. The Morgan fingerprint density at radius 3 is 2.54 bits per heavy atom. The zero-order valence-corrected chi connectivity index (χ0v) is 14.2. The monoisotopic (exact) mass is 371 g/mol. The minimum Gasteiger partial charge on any atom is -0.545 e. The molecule has 0 radical (unpaired) electrons. The number of para-hydroxylation sites is 2. The van der Waals surface area contributed by atoms with Gasteiger partial charge in [-0.25, -0.2) is 4.90 Å². The molecular formula is C18H12ClN2O5-. The van der Waals surface area contributed by atoms with Crippen molar-refractivity contribution in [2.45, 2.75) is 0 Å². The normalized spacial score (nSPS) is 14.0. The van der Waals surface area contributed by atoms with Crippen LogP contribution in [0.1, 0.15) is 10.4 Å². The Balaban J connectivity index is 1.94. The zero-order chi connectivity index (χ0) is 18.8. The molecule has 7 nitrogen and oxygen atoms in total. The van der Waals surface area contributed by atoms with Crippen molar-refractivity contribution in [3.05, 3.63) is 64.8 Å². The number of carbonyl (C=O) groups excluding carboxylic acids is 3. The van der Waals surface area contributed by atoms with Gasteiger partial charge in [0.05, 0.1) is 18.8 Å². The van der Waals surface area contributed by atoms with E-state index < -0.39 is 17.8 Å². The summed E-state index contributed by atoms with van der Waals surface area (Å²) in [6, 6.07) is 12.1. The molecule has 8 heteroatoms. The fraction of sp³-hybridized carbons (Fsp3) is 0.0556. The number of hydrogen-bond donors (Lipinski definition) is 1. The third-order valence-corrected chi connectivity index (χ3v) is 4.07. The number of benzene rings is 2. The SMILES string of the molecule is COc1ccccc1N1C(=O)C(Cl)=C(Nc2cccc(C(=O)[O-])c2)C1=O. The van der Waals surface area contributed by atoms with Gasteiger partial charge in [0.1, 0.15) is 16.5 Å². The maximum absolute atomic E-state index is 12.7. The predicted molar refractivity (Wildman–Crippen MR) is 92.8 cm³/mol. The molecule has 0 bridgehead atoms. The van der Waals surface area contributed by atoms with Gasteiger partial charge in [-0.2, -0.15) is 0 Å². The zero-order valence-electron chi connectivity index (χ0n) is 13.5. The lowest BCUT2D eigenvalue weighted by molar-refractivity contribution is -0.255. The fourth-order valence-corrected chi connectivity index (χ4v) is 2.73. The van der Waals surface area contributed by atoms with Gasteiger partial charge >= 0.3 is 0 Å². The van der Waals surface area contributed by atoms with Crippen LogP contribution in [0.2, 0.25) is 0 Å².